The zero-order valence-electron chi connectivity index (χ0n) is 18.7. The fraction of sp³-hybridized carbons (Fsp3) is 0.385. The van der Waals surface area contributed by atoms with Crippen molar-refractivity contribution in [2.75, 3.05) is 0 Å². The molecule has 0 aliphatic heterocycles. The van der Waals surface area contributed by atoms with Crippen molar-refractivity contribution in [2.45, 2.75) is 57.3 Å². The molecule has 34 heavy (non-hydrogen) atoms. The van der Waals surface area contributed by atoms with Gasteiger partial charge in [0.1, 0.15) is 11.4 Å². The normalized spacial score (nSPS) is 19.6. The molecule has 1 N–H and O–H groups in total. The predicted octanol–water partition coefficient (Wildman–Crippen LogP) is 7.05. The van der Waals surface area contributed by atoms with Gasteiger partial charge < -0.3 is 10.1 Å². The van der Waals surface area contributed by atoms with Gasteiger partial charge in [-0.1, -0.05) is 30.7 Å². The Hall–Kier alpha value is -2.80. The molecule has 1 atom stereocenters. The van der Waals surface area contributed by atoms with Gasteiger partial charge in [-0.05, 0) is 74.4 Å². The number of ether oxygens (including phenoxy) is 1. The standard InChI is InChI=1S/C26H26ClF3N2O2/c1-2-21(32-25(33)17-7-11-18(27)12-8-17)16-9-13-19(14-10-16)34-23-15-24(26(28,29)30)31-22-6-4-3-5-20(22)23/h3-8,11-12,15-16,19,21H,2,9-10,13-14H2,1H3,(H,32,33)/t16?,19?,21-/m1/s1. The van der Waals surface area contributed by atoms with Crippen LogP contribution in [0.5, 0.6) is 5.75 Å². The van der Waals surface area contributed by atoms with E-state index < -0.39 is 11.9 Å². The molecule has 1 fully saturated rings. The topological polar surface area (TPSA) is 51.2 Å². The highest BCUT2D eigenvalue weighted by molar-refractivity contribution is 6.30. The van der Waals surface area contributed by atoms with Crippen molar-refractivity contribution in [3.05, 3.63) is 70.9 Å². The first-order valence-corrected chi connectivity index (χ1v) is 11.8. The van der Waals surface area contributed by atoms with Crippen molar-refractivity contribution >= 4 is 28.4 Å². The first-order chi connectivity index (χ1) is 16.2. The number of aromatic nitrogens is 1. The lowest BCUT2D eigenvalue weighted by Crippen LogP contribution is -2.42. The summed E-state index contributed by atoms with van der Waals surface area (Å²) in [5.41, 5.74) is -0.132. The maximum Gasteiger partial charge on any atom is 0.433 e. The van der Waals surface area contributed by atoms with Crippen LogP contribution in [0.4, 0.5) is 13.2 Å². The van der Waals surface area contributed by atoms with Gasteiger partial charge in [-0.25, -0.2) is 4.98 Å². The number of pyridine rings is 1. The quantitative estimate of drug-likeness (QED) is 0.402. The Morgan fingerprint density at radius 1 is 1.12 bits per heavy atom. The van der Waals surface area contributed by atoms with Crippen LogP contribution in [0.15, 0.2) is 54.6 Å². The fourth-order valence-corrected chi connectivity index (χ4v) is 4.71. The van der Waals surface area contributed by atoms with E-state index in [1.54, 1.807) is 48.5 Å². The zero-order chi connectivity index (χ0) is 24.3. The van der Waals surface area contributed by atoms with Gasteiger partial charge in [0, 0.05) is 28.1 Å². The zero-order valence-corrected chi connectivity index (χ0v) is 19.5. The maximum absolute atomic E-state index is 13.3. The lowest BCUT2D eigenvalue weighted by atomic mass is 9.81. The smallest absolute Gasteiger partial charge is 0.433 e. The lowest BCUT2D eigenvalue weighted by molar-refractivity contribution is -0.141. The first kappa shape index (κ1) is 24.3. The first-order valence-electron chi connectivity index (χ1n) is 11.4. The summed E-state index contributed by atoms with van der Waals surface area (Å²) in [5.74, 6) is 0.357. The van der Waals surface area contributed by atoms with E-state index in [4.69, 9.17) is 16.3 Å². The van der Waals surface area contributed by atoms with Gasteiger partial charge in [0.15, 0.2) is 0 Å². The number of halogens is 4. The van der Waals surface area contributed by atoms with Crippen molar-refractivity contribution in [1.29, 1.82) is 0 Å². The summed E-state index contributed by atoms with van der Waals surface area (Å²) in [6, 6.07) is 14.5. The number of fused-ring (bicyclic) bond motifs is 1. The van der Waals surface area contributed by atoms with Gasteiger partial charge in [0.2, 0.25) is 0 Å². The molecule has 4 nitrogen and oxygen atoms in total. The van der Waals surface area contributed by atoms with Crippen LogP contribution in [0.3, 0.4) is 0 Å². The highest BCUT2D eigenvalue weighted by atomic mass is 35.5. The Morgan fingerprint density at radius 3 is 2.44 bits per heavy atom. The highest BCUT2D eigenvalue weighted by Gasteiger charge is 2.34. The van der Waals surface area contributed by atoms with Gasteiger partial charge in [-0.3, -0.25) is 4.79 Å². The van der Waals surface area contributed by atoms with Crippen molar-refractivity contribution in [1.82, 2.24) is 10.3 Å². The average Bonchev–Trinajstić information content (AvgIpc) is 2.83. The molecule has 0 radical (unpaired) electrons. The monoisotopic (exact) mass is 490 g/mol. The minimum absolute atomic E-state index is 0.0164. The molecular formula is C26H26ClF3N2O2. The second-order valence-electron chi connectivity index (χ2n) is 8.67. The summed E-state index contributed by atoms with van der Waals surface area (Å²) in [6.45, 7) is 2.04. The van der Waals surface area contributed by atoms with Gasteiger partial charge in [0.25, 0.3) is 5.91 Å². The van der Waals surface area contributed by atoms with E-state index in [0.29, 0.717) is 28.8 Å². The molecule has 0 spiro atoms. The Bertz CT molecular complexity index is 1140. The maximum atomic E-state index is 13.3. The number of benzene rings is 2. The number of amides is 1. The third-order valence-electron chi connectivity index (χ3n) is 6.41. The molecule has 1 aromatic heterocycles. The van der Waals surface area contributed by atoms with Crippen molar-refractivity contribution < 1.29 is 22.7 Å². The van der Waals surface area contributed by atoms with E-state index in [-0.39, 0.29) is 35.2 Å². The second-order valence-corrected chi connectivity index (χ2v) is 9.11. The lowest BCUT2D eigenvalue weighted by Gasteiger charge is -2.34. The summed E-state index contributed by atoms with van der Waals surface area (Å²) in [6.07, 6.45) is -0.895. The average molecular weight is 491 g/mol. The van der Waals surface area contributed by atoms with Crippen LogP contribution in [0.2, 0.25) is 5.02 Å². The highest BCUT2D eigenvalue weighted by Crippen LogP contribution is 2.37. The van der Waals surface area contributed by atoms with Crippen LogP contribution in [-0.2, 0) is 6.18 Å². The molecular weight excluding hydrogens is 465 g/mol. The van der Waals surface area contributed by atoms with Gasteiger partial charge in [-0.2, -0.15) is 13.2 Å². The van der Waals surface area contributed by atoms with Gasteiger partial charge >= 0.3 is 6.18 Å². The summed E-state index contributed by atoms with van der Waals surface area (Å²) in [5, 5.41) is 4.27. The number of hydrogen-bond acceptors (Lipinski definition) is 3. The number of hydrogen-bond donors (Lipinski definition) is 1. The molecule has 1 saturated carbocycles. The summed E-state index contributed by atoms with van der Waals surface area (Å²) in [7, 11) is 0. The Balaban J connectivity index is 1.41. The van der Waals surface area contributed by atoms with E-state index >= 15 is 0 Å². The van der Waals surface area contributed by atoms with Crippen LogP contribution >= 0.6 is 11.6 Å². The van der Waals surface area contributed by atoms with Crippen molar-refractivity contribution in [3.8, 4) is 5.75 Å². The van der Waals surface area contributed by atoms with E-state index in [2.05, 4.69) is 10.3 Å². The molecule has 1 aliphatic rings. The van der Waals surface area contributed by atoms with Crippen molar-refractivity contribution in [3.63, 3.8) is 0 Å². The Morgan fingerprint density at radius 2 is 1.79 bits per heavy atom. The van der Waals surface area contributed by atoms with Gasteiger partial charge in [0.05, 0.1) is 11.6 Å². The number of alkyl halides is 3. The van der Waals surface area contributed by atoms with Crippen LogP contribution in [0.25, 0.3) is 10.9 Å². The number of rotatable bonds is 6. The van der Waals surface area contributed by atoms with Crippen molar-refractivity contribution in [2.24, 2.45) is 5.92 Å². The molecule has 2 aromatic carbocycles. The molecule has 1 aliphatic carbocycles. The minimum Gasteiger partial charge on any atom is -0.490 e. The molecule has 1 heterocycles. The summed E-state index contributed by atoms with van der Waals surface area (Å²) >= 11 is 5.90. The number of para-hydroxylation sites is 1. The molecule has 180 valence electrons. The molecule has 0 unspecified atom stereocenters. The van der Waals surface area contributed by atoms with E-state index in [1.165, 1.54) is 0 Å². The van der Waals surface area contributed by atoms with E-state index in [9.17, 15) is 18.0 Å². The number of carbonyl (C=O) groups excluding carboxylic acids is 1. The SMILES string of the molecule is CC[C@@H](NC(=O)c1ccc(Cl)cc1)C1CCC(Oc2cc(C(F)(F)F)nc3ccccc23)CC1. The van der Waals surface area contributed by atoms with Gasteiger partial charge in [-0.15, -0.1) is 0 Å². The summed E-state index contributed by atoms with van der Waals surface area (Å²) < 4.78 is 46.1. The summed E-state index contributed by atoms with van der Waals surface area (Å²) in [4.78, 5) is 16.4. The van der Waals surface area contributed by atoms with E-state index in [0.717, 1.165) is 25.3 Å². The Kier molecular flexibility index (Phi) is 7.31. The Labute approximate surface area is 201 Å². The van der Waals surface area contributed by atoms with Crippen LogP contribution in [0.1, 0.15) is 55.1 Å². The third kappa shape index (κ3) is 5.63. The molecule has 0 bridgehead atoms. The van der Waals surface area contributed by atoms with Crippen LogP contribution < -0.4 is 10.1 Å². The van der Waals surface area contributed by atoms with E-state index in [1.807, 2.05) is 6.92 Å². The molecule has 0 saturated heterocycles. The number of nitrogens with one attached hydrogen (secondary N) is 1. The molecule has 3 aromatic rings. The second kappa shape index (κ2) is 10.2. The molecule has 1 amide bonds. The largest absolute Gasteiger partial charge is 0.490 e. The number of nitrogens with zero attached hydrogens (tertiary/aromatic N) is 1. The minimum atomic E-state index is -4.55. The molecule has 8 heteroatoms. The predicted molar refractivity (Wildman–Crippen MR) is 126 cm³/mol. The van der Waals surface area contributed by atoms with Crippen LogP contribution in [0, 0.1) is 5.92 Å². The van der Waals surface area contributed by atoms with Crippen LogP contribution in [-0.4, -0.2) is 23.0 Å². The third-order valence-corrected chi connectivity index (χ3v) is 6.66. The number of carbonyl (C=O) groups is 1. The molecule has 4 rings (SSSR count). The fourth-order valence-electron chi connectivity index (χ4n) is 4.58.